The lowest BCUT2D eigenvalue weighted by molar-refractivity contribution is -0.388. The molecule has 7 nitrogen and oxygen atoms in total. The van der Waals surface area contributed by atoms with Gasteiger partial charge in [-0.05, 0) is 30.4 Å². The zero-order valence-electron chi connectivity index (χ0n) is 13.0. The quantitative estimate of drug-likeness (QED) is 0.451. The Morgan fingerprint density at radius 3 is 2.23 bits per heavy atom. The van der Waals surface area contributed by atoms with Gasteiger partial charge in [0, 0.05) is 6.26 Å². The molecule has 0 saturated carbocycles. The Hall–Kier alpha value is -1.96. The minimum absolute atomic E-state index is 0.143. The predicted molar refractivity (Wildman–Crippen MR) is 80.9 cm³/mol. The van der Waals surface area contributed by atoms with Gasteiger partial charge in [-0.25, -0.2) is 13.2 Å². The van der Waals surface area contributed by atoms with Crippen LogP contribution < -0.4 is 0 Å². The largest absolute Gasteiger partial charge is 0.465 e. The van der Waals surface area contributed by atoms with Gasteiger partial charge >= 0.3 is 11.7 Å². The number of carbonyl (C=O) groups excluding carboxylic acids is 1. The second kappa shape index (κ2) is 6.87. The van der Waals surface area contributed by atoms with Crippen LogP contribution in [0.25, 0.3) is 0 Å². The van der Waals surface area contributed by atoms with Crippen molar-refractivity contribution < 1.29 is 22.9 Å². The summed E-state index contributed by atoms with van der Waals surface area (Å²) in [5.74, 6) is -1.08. The molecule has 0 aromatic heterocycles. The Morgan fingerprint density at radius 2 is 1.86 bits per heavy atom. The number of carbonyl (C=O) groups is 1. The van der Waals surface area contributed by atoms with Crippen LogP contribution in [0.15, 0.2) is 17.0 Å². The van der Waals surface area contributed by atoms with Gasteiger partial charge in [0.1, 0.15) is 10.5 Å². The maximum Gasteiger partial charge on any atom is 0.344 e. The van der Waals surface area contributed by atoms with Crippen molar-refractivity contribution >= 4 is 21.5 Å². The molecule has 1 rings (SSSR count). The van der Waals surface area contributed by atoms with E-state index in [0.717, 1.165) is 13.4 Å². The number of nitrogens with zero attached hydrogens (tertiary/aromatic N) is 1. The molecule has 0 aliphatic heterocycles. The van der Waals surface area contributed by atoms with Crippen molar-refractivity contribution in [2.75, 3.05) is 13.4 Å². The Balaban J connectivity index is 3.89. The number of nitro groups is 1. The number of hydrogen-bond donors (Lipinski definition) is 0. The molecule has 22 heavy (non-hydrogen) atoms. The first-order valence-electron chi connectivity index (χ1n) is 6.78. The molecule has 1 aromatic carbocycles. The van der Waals surface area contributed by atoms with E-state index in [2.05, 4.69) is 4.74 Å². The van der Waals surface area contributed by atoms with Crippen LogP contribution in [0.4, 0.5) is 5.69 Å². The lowest BCUT2D eigenvalue weighted by Gasteiger charge is -2.17. The first-order chi connectivity index (χ1) is 10.2. The molecule has 0 aliphatic carbocycles. The normalized spacial score (nSPS) is 11.5. The molecule has 0 spiro atoms. The van der Waals surface area contributed by atoms with Gasteiger partial charge in [0.25, 0.3) is 0 Å². The molecule has 0 fully saturated rings. The number of hydrogen-bond acceptors (Lipinski definition) is 6. The third-order valence-corrected chi connectivity index (χ3v) is 4.72. The van der Waals surface area contributed by atoms with Crippen molar-refractivity contribution in [2.45, 2.75) is 37.5 Å². The van der Waals surface area contributed by atoms with Crippen LogP contribution in [0.1, 0.15) is 48.5 Å². The van der Waals surface area contributed by atoms with Crippen molar-refractivity contribution in [3.8, 4) is 0 Å². The van der Waals surface area contributed by atoms with E-state index in [1.54, 1.807) is 0 Å². The molecule has 0 saturated heterocycles. The minimum Gasteiger partial charge on any atom is -0.465 e. The van der Waals surface area contributed by atoms with E-state index < -0.39 is 31.3 Å². The first-order valence-corrected chi connectivity index (χ1v) is 8.67. The molecule has 0 bridgehead atoms. The lowest BCUT2D eigenvalue weighted by Crippen LogP contribution is -2.14. The second-order valence-corrected chi connectivity index (χ2v) is 6.87. The SMILES string of the molecule is CCC(CC)c1ccc(C(=O)OC)c([N+](=O)[O-])c1S(C)(=O)=O. The summed E-state index contributed by atoms with van der Waals surface area (Å²) in [5.41, 5.74) is -0.701. The Morgan fingerprint density at radius 1 is 1.32 bits per heavy atom. The predicted octanol–water partition coefficient (Wildman–Crippen LogP) is 2.69. The van der Waals surface area contributed by atoms with E-state index >= 15 is 0 Å². The molecule has 0 amide bonds. The summed E-state index contributed by atoms with van der Waals surface area (Å²) in [4.78, 5) is 21.9. The van der Waals surface area contributed by atoms with Crippen LogP contribution in [0, 0.1) is 10.1 Å². The fourth-order valence-corrected chi connectivity index (χ4v) is 3.68. The van der Waals surface area contributed by atoms with Gasteiger partial charge < -0.3 is 4.74 Å². The highest BCUT2D eigenvalue weighted by Gasteiger charge is 2.34. The second-order valence-electron chi connectivity index (χ2n) is 4.91. The van der Waals surface area contributed by atoms with Gasteiger partial charge in [0.15, 0.2) is 9.84 Å². The van der Waals surface area contributed by atoms with Crippen LogP contribution in [0.5, 0.6) is 0 Å². The monoisotopic (exact) mass is 329 g/mol. The third-order valence-electron chi connectivity index (χ3n) is 3.55. The molecule has 1 aromatic rings. The van der Waals surface area contributed by atoms with Crippen molar-refractivity contribution in [2.24, 2.45) is 0 Å². The standard InChI is InChI=1S/C14H19NO6S/c1-5-9(6-2)10-7-8-11(14(16)21-3)12(15(17)18)13(10)22(4,19)20/h7-9H,5-6H2,1-4H3. The summed E-state index contributed by atoms with van der Waals surface area (Å²) >= 11 is 0. The average molecular weight is 329 g/mol. The van der Waals surface area contributed by atoms with E-state index in [9.17, 15) is 23.3 Å². The molecular formula is C14H19NO6S. The van der Waals surface area contributed by atoms with Gasteiger partial charge in [-0.3, -0.25) is 10.1 Å². The third kappa shape index (κ3) is 3.44. The Kier molecular flexibility index (Phi) is 5.65. The van der Waals surface area contributed by atoms with Gasteiger partial charge in [0.05, 0.1) is 12.0 Å². The summed E-state index contributed by atoms with van der Waals surface area (Å²) in [7, 11) is -2.80. The van der Waals surface area contributed by atoms with Crippen LogP contribution in [0.3, 0.4) is 0 Å². The fourth-order valence-electron chi connectivity index (χ4n) is 2.48. The number of rotatable bonds is 6. The molecule has 122 valence electrons. The number of esters is 1. The van der Waals surface area contributed by atoms with E-state index in [4.69, 9.17) is 0 Å². The van der Waals surface area contributed by atoms with E-state index in [-0.39, 0.29) is 11.5 Å². The van der Waals surface area contributed by atoms with Crippen molar-refractivity contribution in [1.82, 2.24) is 0 Å². The highest BCUT2D eigenvalue weighted by Crippen LogP contribution is 2.37. The number of ether oxygens (including phenoxy) is 1. The Labute approximate surface area is 129 Å². The fraction of sp³-hybridized carbons (Fsp3) is 0.500. The van der Waals surface area contributed by atoms with Crippen LogP contribution in [0.2, 0.25) is 0 Å². The topological polar surface area (TPSA) is 104 Å². The van der Waals surface area contributed by atoms with Crippen LogP contribution in [-0.2, 0) is 14.6 Å². The average Bonchev–Trinajstić information content (AvgIpc) is 2.45. The molecular weight excluding hydrogens is 310 g/mol. The van der Waals surface area contributed by atoms with Gasteiger partial charge in [-0.15, -0.1) is 0 Å². The summed E-state index contributed by atoms with van der Waals surface area (Å²) in [5, 5.41) is 11.4. The van der Waals surface area contributed by atoms with Gasteiger partial charge in [-0.2, -0.15) is 0 Å². The van der Waals surface area contributed by atoms with Crippen molar-refractivity contribution in [3.63, 3.8) is 0 Å². The Bertz CT molecular complexity index is 692. The number of benzene rings is 1. The highest BCUT2D eigenvalue weighted by atomic mass is 32.2. The summed E-state index contributed by atoms with van der Waals surface area (Å²) < 4.78 is 28.8. The van der Waals surface area contributed by atoms with E-state index in [1.165, 1.54) is 12.1 Å². The molecule has 0 unspecified atom stereocenters. The van der Waals surface area contributed by atoms with E-state index in [0.29, 0.717) is 18.4 Å². The molecule has 8 heteroatoms. The van der Waals surface area contributed by atoms with Crippen molar-refractivity contribution in [1.29, 1.82) is 0 Å². The summed E-state index contributed by atoms with van der Waals surface area (Å²) in [6.45, 7) is 3.75. The van der Waals surface area contributed by atoms with Gasteiger partial charge in [-0.1, -0.05) is 19.9 Å². The molecule has 0 heterocycles. The summed E-state index contributed by atoms with van der Waals surface area (Å²) in [6, 6.07) is 2.72. The molecule has 0 N–H and O–H groups in total. The molecule has 0 aliphatic rings. The number of sulfone groups is 1. The van der Waals surface area contributed by atoms with Gasteiger partial charge in [0.2, 0.25) is 0 Å². The van der Waals surface area contributed by atoms with E-state index in [1.807, 2.05) is 13.8 Å². The first kappa shape index (κ1) is 18.1. The smallest absolute Gasteiger partial charge is 0.344 e. The van der Waals surface area contributed by atoms with Crippen LogP contribution in [-0.4, -0.2) is 32.7 Å². The molecule has 0 radical (unpaired) electrons. The summed E-state index contributed by atoms with van der Waals surface area (Å²) in [6.07, 6.45) is 2.17. The number of methoxy groups -OCH3 is 1. The maximum absolute atomic E-state index is 12.1. The molecule has 0 atom stereocenters. The maximum atomic E-state index is 12.1. The minimum atomic E-state index is -3.89. The number of nitro benzene ring substituents is 1. The lowest BCUT2D eigenvalue weighted by atomic mass is 9.92. The highest BCUT2D eigenvalue weighted by molar-refractivity contribution is 7.91. The zero-order chi connectivity index (χ0) is 17.1. The van der Waals surface area contributed by atoms with Crippen LogP contribution >= 0.6 is 0 Å². The van der Waals surface area contributed by atoms with Crippen molar-refractivity contribution in [3.05, 3.63) is 33.4 Å². The zero-order valence-corrected chi connectivity index (χ0v) is 13.8.